The van der Waals surface area contributed by atoms with E-state index >= 15 is 0 Å². The number of aromatic hydroxyl groups is 1. The van der Waals surface area contributed by atoms with Crippen molar-refractivity contribution in [2.75, 3.05) is 13.3 Å². The molecule has 1 unspecified atom stereocenters. The molecule has 0 heterocycles. The van der Waals surface area contributed by atoms with Gasteiger partial charge < -0.3 is 9.84 Å². The summed E-state index contributed by atoms with van der Waals surface area (Å²) in [5.41, 5.74) is 2.78. The van der Waals surface area contributed by atoms with Gasteiger partial charge in [-0.05, 0) is 61.3 Å². The summed E-state index contributed by atoms with van der Waals surface area (Å²) in [6.07, 6.45) is 10.7. The van der Waals surface area contributed by atoms with E-state index in [0.717, 1.165) is 48.1 Å². The molecule has 27 heavy (non-hydrogen) atoms. The normalized spacial score (nSPS) is 17.7. The average molecular weight is 377 g/mol. The highest BCUT2D eigenvalue weighted by molar-refractivity contribution is 5.53. The van der Waals surface area contributed by atoms with Gasteiger partial charge in [-0.2, -0.15) is 0 Å². The topological polar surface area (TPSA) is 29.5 Å². The Labute approximate surface area is 164 Å². The average Bonchev–Trinajstić information content (AvgIpc) is 2.65. The van der Waals surface area contributed by atoms with E-state index in [9.17, 15) is 9.50 Å². The number of allylic oxidation sites excluding steroid dienone is 2. The molecule has 1 aromatic carbocycles. The number of phenolic OH excluding ortho intramolecular Hbond substituents is 1. The molecule has 0 aromatic heterocycles. The minimum Gasteiger partial charge on any atom is -0.507 e. The molecule has 152 valence electrons. The lowest BCUT2D eigenvalue weighted by Gasteiger charge is -2.29. The summed E-state index contributed by atoms with van der Waals surface area (Å²) in [5.74, 6) is 1.09. The second-order valence-electron chi connectivity index (χ2n) is 8.49. The van der Waals surface area contributed by atoms with Crippen molar-refractivity contribution in [3.05, 3.63) is 34.9 Å². The number of alkyl halides is 1. The summed E-state index contributed by atoms with van der Waals surface area (Å²) in [6, 6.07) is 4.02. The molecular formula is C24H37FO2. The Morgan fingerprint density at radius 3 is 2.63 bits per heavy atom. The maximum atomic E-state index is 13.1. The van der Waals surface area contributed by atoms with Gasteiger partial charge in [-0.1, -0.05) is 52.5 Å². The lowest BCUT2D eigenvalue weighted by molar-refractivity contribution is 0.327. The molecule has 0 fully saturated rings. The molecule has 2 rings (SSSR count). The maximum absolute atomic E-state index is 13.1. The van der Waals surface area contributed by atoms with Crippen LogP contribution in [-0.4, -0.2) is 18.4 Å². The predicted octanol–water partition coefficient (Wildman–Crippen LogP) is 7.20. The van der Waals surface area contributed by atoms with Crippen molar-refractivity contribution >= 4 is 0 Å². The van der Waals surface area contributed by atoms with Crippen LogP contribution in [-0.2, 0) is 5.41 Å². The van der Waals surface area contributed by atoms with Crippen LogP contribution in [0.25, 0.3) is 0 Å². The summed E-state index contributed by atoms with van der Waals surface area (Å²) in [7, 11) is 0. The van der Waals surface area contributed by atoms with Crippen molar-refractivity contribution in [2.45, 2.75) is 90.4 Å². The van der Waals surface area contributed by atoms with Crippen LogP contribution in [0, 0.1) is 0 Å². The number of hydrogen-bond acceptors (Lipinski definition) is 2. The molecule has 0 amide bonds. The van der Waals surface area contributed by atoms with E-state index in [0.29, 0.717) is 12.4 Å². The van der Waals surface area contributed by atoms with Crippen LogP contribution in [0.1, 0.15) is 96.1 Å². The van der Waals surface area contributed by atoms with Gasteiger partial charge in [0.1, 0.15) is 18.2 Å². The Kier molecular flexibility index (Phi) is 8.19. The van der Waals surface area contributed by atoms with Gasteiger partial charge in [0, 0.05) is 11.5 Å². The van der Waals surface area contributed by atoms with E-state index < -0.39 is 6.67 Å². The van der Waals surface area contributed by atoms with Crippen LogP contribution in [0.3, 0.4) is 0 Å². The molecule has 1 aromatic rings. The molecule has 3 heteroatoms. The first kappa shape index (κ1) is 21.8. The van der Waals surface area contributed by atoms with E-state index in [1.807, 2.05) is 19.1 Å². The molecule has 0 saturated heterocycles. The van der Waals surface area contributed by atoms with Gasteiger partial charge in [-0.25, -0.2) is 4.39 Å². The molecule has 0 spiro atoms. The SMILES string of the molecule is CCCCCCC(C)(C)c1cc(O)c(C2C=C(CF)CCC2)c(OCC)c1. The van der Waals surface area contributed by atoms with Crippen LogP contribution in [0.15, 0.2) is 23.8 Å². The third-order valence-corrected chi connectivity index (χ3v) is 5.85. The number of halogens is 1. The third-order valence-electron chi connectivity index (χ3n) is 5.85. The van der Waals surface area contributed by atoms with Crippen LogP contribution >= 0.6 is 0 Å². The molecule has 0 radical (unpaired) electrons. The van der Waals surface area contributed by atoms with Crippen LogP contribution in [0.5, 0.6) is 11.5 Å². The zero-order valence-electron chi connectivity index (χ0n) is 17.6. The van der Waals surface area contributed by atoms with Gasteiger partial charge >= 0.3 is 0 Å². The molecule has 0 bridgehead atoms. The second kappa shape index (κ2) is 10.1. The quantitative estimate of drug-likeness (QED) is 0.345. The van der Waals surface area contributed by atoms with Crippen molar-refractivity contribution in [3.8, 4) is 11.5 Å². The highest BCUT2D eigenvalue weighted by atomic mass is 19.1. The Hall–Kier alpha value is -1.51. The maximum Gasteiger partial charge on any atom is 0.127 e. The number of ether oxygens (including phenoxy) is 1. The van der Waals surface area contributed by atoms with E-state index in [1.165, 1.54) is 25.7 Å². The molecule has 1 aliphatic carbocycles. The van der Waals surface area contributed by atoms with Crippen LogP contribution in [0.2, 0.25) is 0 Å². The van der Waals surface area contributed by atoms with E-state index in [-0.39, 0.29) is 11.3 Å². The molecule has 1 N–H and O–H groups in total. The molecule has 0 aliphatic heterocycles. The van der Waals surface area contributed by atoms with Crippen LogP contribution in [0.4, 0.5) is 4.39 Å². The fraction of sp³-hybridized carbons (Fsp3) is 0.667. The van der Waals surface area contributed by atoms with Gasteiger partial charge in [0.05, 0.1) is 6.61 Å². The summed E-state index contributed by atoms with van der Waals surface area (Å²) in [5, 5.41) is 10.9. The number of unbranched alkanes of at least 4 members (excludes halogenated alkanes) is 3. The summed E-state index contributed by atoms with van der Waals surface area (Å²) in [4.78, 5) is 0. The monoisotopic (exact) mass is 376 g/mol. The lowest BCUT2D eigenvalue weighted by atomic mass is 9.77. The van der Waals surface area contributed by atoms with Gasteiger partial charge in [0.2, 0.25) is 0 Å². The van der Waals surface area contributed by atoms with Gasteiger partial charge in [-0.15, -0.1) is 0 Å². The van der Waals surface area contributed by atoms with Crippen molar-refractivity contribution in [1.82, 2.24) is 0 Å². The second-order valence-corrected chi connectivity index (χ2v) is 8.49. The third kappa shape index (κ3) is 5.73. The fourth-order valence-electron chi connectivity index (χ4n) is 4.13. The van der Waals surface area contributed by atoms with E-state index in [1.54, 1.807) is 0 Å². The minimum atomic E-state index is -0.399. The van der Waals surface area contributed by atoms with Crippen molar-refractivity contribution in [1.29, 1.82) is 0 Å². The highest BCUT2D eigenvalue weighted by Crippen LogP contribution is 2.44. The largest absolute Gasteiger partial charge is 0.507 e. The number of benzene rings is 1. The van der Waals surface area contributed by atoms with E-state index in [2.05, 4.69) is 26.8 Å². The lowest BCUT2D eigenvalue weighted by Crippen LogP contribution is -2.18. The predicted molar refractivity (Wildman–Crippen MR) is 112 cm³/mol. The van der Waals surface area contributed by atoms with Gasteiger partial charge in [0.25, 0.3) is 0 Å². The molecule has 2 nitrogen and oxygen atoms in total. The Bertz CT molecular complexity index is 634. The summed E-state index contributed by atoms with van der Waals surface area (Å²) < 4.78 is 19.1. The van der Waals surface area contributed by atoms with E-state index in [4.69, 9.17) is 4.74 Å². The Morgan fingerprint density at radius 1 is 1.19 bits per heavy atom. The molecule has 1 atom stereocenters. The Balaban J connectivity index is 2.32. The fourth-order valence-corrected chi connectivity index (χ4v) is 4.13. The van der Waals surface area contributed by atoms with Gasteiger partial charge in [0.15, 0.2) is 0 Å². The summed E-state index contributed by atoms with van der Waals surface area (Å²) in [6.45, 7) is 8.83. The highest BCUT2D eigenvalue weighted by Gasteiger charge is 2.27. The molecule has 1 aliphatic rings. The van der Waals surface area contributed by atoms with Crippen molar-refractivity contribution < 1.29 is 14.2 Å². The minimum absolute atomic E-state index is 0.0118. The van der Waals surface area contributed by atoms with Crippen molar-refractivity contribution in [3.63, 3.8) is 0 Å². The first-order chi connectivity index (χ1) is 12.9. The standard InChI is InChI=1S/C24H37FO2/c1-5-7-8-9-13-24(3,4)20-15-21(26)23(22(16-20)27-6-2)19-12-10-11-18(14-19)17-25/h14-16,19,26H,5-13,17H2,1-4H3. The van der Waals surface area contributed by atoms with Crippen molar-refractivity contribution in [2.24, 2.45) is 0 Å². The first-order valence-electron chi connectivity index (χ1n) is 10.7. The number of phenols is 1. The summed E-state index contributed by atoms with van der Waals surface area (Å²) >= 11 is 0. The number of rotatable bonds is 10. The molecular weight excluding hydrogens is 339 g/mol. The first-order valence-corrected chi connectivity index (χ1v) is 10.7. The number of hydrogen-bond donors (Lipinski definition) is 1. The van der Waals surface area contributed by atoms with Gasteiger partial charge in [-0.3, -0.25) is 0 Å². The smallest absolute Gasteiger partial charge is 0.127 e. The molecule has 0 saturated carbocycles. The Morgan fingerprint density at radius 2 is 1.96 bits per heavy atom. The van der Waals surface area contributed by atoms with Crippen LogP contribution < -0.4 is 4.74 Å². The zero-order chi connectivity index (χ0) is 19.9. The zero-order valence-corrected chi connectivity index (χ0v) is 17.6.